The van der Waals surface area contributed by atoms with E-state index < -0.39 is 6.03 Å². The first-order valence-electron chi connectivity index (χ1n) is 10.8. The summed E-state index contributed by atoms with van der Waals surface area (Å²) in [6.45, 7) is 1.71. The Labute approximate surface area is 200 Å². The topological polar surface area (TPSA) is 93.4 Å². The standard InChI is InChI=1S/C26H21FN6O2/c1-16-14-17(5-10-21(16)27)24-25(33-23(32-24)4-3-12-29-33)18-11-13-28-22(15-18)31-26(34)30-19-6-8-20(35-2)9-7-19/h3-15H,1-2H3,(H2,28,30,31,34). The number of hydrogen-bond acceptors (Lipinski definition) is 5. The number of methoxy groups -OCH3 is 1. The monoisotopic (exact) mass is 468 g/mol. The summed E-state index contributed by atoms with van der Waals surface area (Å²) < 4.78 is 20.8. The van der Waals surface area contributed by atoms with Gasteiger partial charge in [-0.3, -0.25) is 5.32 Å². The van der Waals surface area contributed by atoms with Gasteiger partial charge < -0.3 is 10.1 Å². The lowest BCUT2D eigenvalue weighted by Crippen LogP contribution is -2.20. The molecule has 2 amide bonds. The van der Waals surface area contributed by atoms with Gasteiger partial charge in [0.1, 0.15) is 23.1 Å². The molecule has 3 heterocycles. The Bertz CT molecular complexity index is 1530. The number of aromatic nitrogens is 4. The summed E-state index contributed by atoms with van der Waals surface area (Å²) in [6.07, 6.45) is 3.26. The molecule has 174 valence electrons. The summed E-state index contributed by atoms with van der Waals surface area (Å²) in [5, 5.41) is 9.97. The lowest BCUT2D eigenvalue weighted by Gasteiger charge is -2.10. The smallest absolute Gasteiger partial charge is 0.324 e. The molecule has 0 aliphatic heterocycles. The number of halogens is 1. The predicted octanol–water partition coefficient (Wildman–Crippen LogP) is 5.56. The molecule has 0 bridgehead atoms. The third-order valence-corrected chi connectivity index (χ3v) is 5.45. The second-order valence-corrected chi connectivity index (χ2v) is 7.80. The van der Waals surface area contributed by atoms with Crippen molar-refractivity contribution in [1.82, 2.24) is 19.6 Å². The van der Waals surface area contributed by atoms with Crippen molar-refractivity contribution in [2.24, 2.45) is 0 Å². The molecule has 5 rings (SSSR count). The number of nitrogens with zero attached hydrogens (tertiary/aromatic N) is 4. The number of carbonyl (C=O) groups is 1. The van der Waals surface area contributed by atoms with Gasteiger partial charge in [-0.25, -0.2) is 23.7 Å². The Balaban J connectivity index is 1.48. The molecule has 0 spiro atoms. The number of fused-ring (bicyclic) bond motifs is 1. The van der Waals surface area contributed by atoms with Crippen LogP contribution in [0.5, 0.6) is 5.75 Å². The highest BCUT2D eigenvalue weighted by Crippen LogP contribution is 2.33. The molecule has 35 heavy (non-hydrogen) atoms. The first-order chi connectivity index (χ1) is 17.0. The van der Waals surface area contributed by atoms with Gasteiger partial charge in [0, 0.05) is 29.2 Å². The van der Waals surface area contributed by atoms with Crippen LogP contribution >= 0.6 is 0 Å². The molecule has 5 aromatic rings. The number of nitrogens with one attached hydrogen (secondary N) is 2. The molecule has 0 saturated heterocycles. The van der Waals surface area contributed by atoms with Crippen LogP contribution in [0.2, 0.25) is 0 Å². The number of pyridine rings is 1. The van der Waals surface area contributed by atoms with Gasteiger partial charge in [-0.1, -0.05) is 0 Å². The average molecular weight is 468 g/mol. The third-order valence-electron chi connectivity index (χ3n) is 5.45. The summed E-state index contributed by atoms with van der Waals surface area (Å²) >= 11 is 0. The van der Waals surface area contributed by atoms with Gasteiger partial charge >= 0.3 is 6.03 Å². The van der Waals surface area contributed by atoms with Crippen molar-refractivity contribution in [1.29, 1.82) is 0 Å². The molecule has 0 fully saturated rings. The molecular weight excluding hydrogens is 447 g/mol. The van der Waals surface area contributed by atoms with Crippen LogP contribution in [0.15, 0.2) is 79.1 Å². The fourth-order valence-electron chi connectivity index (χ4n) is 3.74. The predicted molar refractivity (Wildman–Crippen MR) is 132 cm³/mol. The minimum absolute atomic E-state index is 0.282. The molecular formula is C26H21FN6O2. The van der Waals surface area contributed by atoms with E-state index in [0.717, 1.165) is 11.1 Å². The lowest BCUT2D eigenvalue weighted by atomic mass is 10.0. The molecule has 0 aliphatic carbocycles. The molecule has 3 aromatic heterocycles. The number of carbonyl (C=O) groups excluding carboxylic acids is 1. The van der Waals surface area contributed by atoms with E-state index >= 15 is 0 Å². The largest absolute Gasteiger partial charge is 0.497 e. The quantitative estimate of drug-likeness (QED) is 0.352. The van der Waals surface area contributed by atoms with Gasteiger partial charge in [0.05, 0.1) is 12.8 Å². The van der Waals surface area contributed by atoms with E-state index in [9.17, 15) is 9.18 Å². The van der Waals surface area contributed by atoms with Crippen LogP contribution < -0.4 is 15.4 Å². The Morgan fingerprint density at radius 3 is 2.57 bits per heavy atom. The van der Waals surface area contributed by atoms with E-state index in [4.69, 9.17) is 9.72 Å². The molecule has 0 atom stereocenters. The van der Waals surface area contributed by atoms with Crippen molar-refractivity contribution >= 4 is 23.2 Å². The minimum atomic E-state index is -0.439. The van der Waals surface area contributed by atoms with Crippen molar-refractivity contribution in [3.05, 3.63) is 90.5 Å². The second-order valence-electron chi connectivity index (χ2n) is 7.80. The second kappa shape index (κ2) is 9.22. The number of urea groups is 1. The van der Waals surface area contributed by atoms with E-state index in [-0.39, 0.29) is 5.82 Å². The number of amides is 2. The molecule has 8 nitrogen and oxygen atoms in total. The maximum Gasteiger partial charge on any atom is 0.324 e. The molecule has 0 aliphatic rings. The van der Waals surface area contributed by atoms with Crippen LogP contribution in [0, 0.1) is 12.7 Å². The maximum atomic E-state index is 13.9. The fourth-order valence-corrected chi connectivity index (χ4v) is 3.74. The number of benzene rings is 2. The zero-order chi connectivity index (χ0) is 24.4. The number of ether oxygens (including phenoxy) is 1. The lowest BCUT2D eigenvalue weighted by molar-refractivity contribution is 0.262. The van der Waals surface area contributed by atoms with Crippen molar-refractivity contribution in [3.8, 4) is 28.3 Å². The molecule has 0 saturated carbocycles. The average Bonchev–Trinajstić information content (AvgIpc) is 3.26. The summed E-state index contributed by atoms with van der Waals surface area (Å²) in [7, 11) is 1.58. The highest BCUT2D eigenvalue weighted by atomic mass is 19.1. The van der Waals surface area contributed by atoms with Crippen molar-refractivity contribution in [2.45, 2.75) is 6.92 Å². The normalized spacial score (nSPS) is 10.8. The van der Waals surface area contributed by atoms with Crippen LogP contribution in [0.3, 0.4) is 0 Å². The Kier molecular flexibility index (Phi) is 5.80. The van der Waals surface area contributed by atoms with Gasteiger partial charge in [0.25, 0.3) is 0 Å². The first kappa shape index (κ1) is 22.0. The number of imidazole rings is 1. The van der Waals surface area contributed by atoms with Crippen molar-refractivity contribution in [3.63, 3.8) is 0 Å². The van der Waals surface area contributed by atoms with E-state index in [1.54, 1.807) is 79.5 Å². The van der Waals surface area contributed by atoms with Crippen molar-refractivity contribution < 1.29 is 13.9 Å². The molecule has 2 N–H and O–H groups in total. The third kappa shape index (κ3) is 4.51. The zero-order valence-electron chi connectivity index (χ0n) is 19.0. The van der Waals surface area contributed by atoms with Crippen LogP contribution in [0.1, 0.15) is 5.56 Å². The fraction of sp³-hybridized carbons (Fsp3) is 0.0769. The van der Waals surface area contributed by atoms with Gasteiger partial charge in [0.2, 0.25) is 0 Å². The van der Waals surface area contributed by atoms with Gasteiger partial charge in [-0.05, 0) is 79.2 Å². The molecule has 9 heteroatoms. The van der Waals surface area contributed by atoms with E-state index in [1.165, 1.54) is 6.07 Å². The molecule has 0 unspecified atom stereocenters. The number of anilines is 2. The highest BCUT2D eigenvalue weighted by Gasteiger charge is 2.18. The van der Waals surface area contributed by atoms with E-state index in [0.29, 0.717) is 39.9 Å². The van der Waals surface area contributed by atoms with Crippen LogP contribution in [0.25, 0.3) is 28.2 Å². The van der Waals surface area contributed by atoms with Crippen LogP contribution in [-0.2, 0) is 0 Å². The summed E-state index contributed by atoms with van der Waals surface area (Å²) in [5.41, 5.74) is 4.61. The maximum absolute atomic E-state index is 13.9. The minimum Gasteiger partial charge on any atom is -0.497 e. The van der Waals surface area contributed by atoms with Gasteiger partial charge in [-0.2, -0.15) is 5.10 Å². The molecule has 2 aromatic carbocycles. The van der Waals surface area contributed by atoms with Gasteiger partial charge in [0.15, 0.2) is 5.65 Å². The first-order valence-corrected chi connectivity index (χ1v) is 10.8. The number of rotatable bonds is 5. The number of aryl methyl sites for hydroxylation is 1. The summed E-state index contributed by atoms with van der Waals surface area (Å²) in [6, 6.07) is 18.6. The highest BCUT2D eigenvalue weighted by molar-refractivity contribution is 5.99. The van der Waals surface area contributed by atoms with E-state index in [1.807, 2.05) is 12.1 Å². The van der Waals surface area contributed by atoms with Gasteiger partial charge in [-0.15, -0.1) is 0 Å². The Morgan fingerprint density at radius 1 is 0.971 bits per heavy atom. The Morgan fingerprint density at radius 2 is 1.80 bits per heavy atom. The Hall–Kier alpha value is -4.79. The zero-order valence-corrected chi connectivity index (χ0v) is 19.0. The van der Waals surface area contributed by atoms with Crippen LogP contribution in [0.4, 0.5) is 20.7 Å². The molecule has 0 radical (unpaired) electrons. The SMILES string of the molecule is COc1ccc(NC(=O)Nc2cc(-c3c(-c4ccc(F)c(C)c4)nc4cccnn34)ccn2)cc1. The summed E-state index contributed by atoms with van der Waals surface area (Å²) in [4.78, 5) is 21.6. The van der Waals surface area contributed by atoms with Crippen LogP contribution in [-0.4, -0.2) is 32.7 Å². The summed E-state index contributed by atoms with van der Waals surface area (Å²) in [5.74, 6) is 0.759. The van der Waals surface area contributed by atoms with E-state index in [2.05, 4.69) is 20.7 Å². The van der Waals surface area contributed by atoms with Crippen molar-refractivity contribution in [2.75, 3.05) is 17.7 Å². The number of hydrogen-bond donors (Lipinski definition) is 2.